The minimum absolute atomic E-state index is 0.167. The largest absolute Gasteiger partial charge is 0.386 e. The first-order valence-electron chi connectivity index (χ1n) is 9.40. The summed E-state index contributed by atoms with van der Waals surface area (Å²) in [7, 11) is 0. The third-order valence-corrected chi connectivity index (χ3v) is 5.58. The highest BCUT2D eigenvalue weighted by Crippen LogP contribution is 2.35. The first-order valence-corrected chi connectivity index (χ1v) is 9.40. The summed E-state index contributed by atoms with van der Waals surface area (Å²) in [4.78, 5) is 36.8. The molecule has 138 valence electrons. The van der Waals surface area contributed by atoms with Crippen LogP contribution in [0.5, 0.6) is 0 Å². The number of nitrogens with one attached hydrogen (secondary N) is 1. The Morgan fingerprint density at radius 3 is 2.88 bits per heavy atom. The van der Waals surface area contributed by atoms with Gasteiger partial charge in [-0.15, -0.1) is 0 Å². The third-order valence-electron chi connectivity index (χ3n) is 5.58. The molecule has 3 aliphatic rings. The number of anilines is 1. The van der Waals surface area contributed by atoms with Gasteiger partial charge in [-0.1, -0.05) is 18.0 Å². The van der Waals surface area contributed by atoms with Gasteiger partial charge in [0.25, 0.3) is 5.91 Å². The number of carbonyl (C=O) groups excluding carboxylic acids is 2. The Hall–Kier alpha value is -2.44. The van der Waals surface area contributed by atoms with Gasteiger partial charge in [0.1, 0.15) is 5.71 Å². The summed E-state index contributed by atoms with van der Waals surface area (Å²) in [6.45, 7) is 1.30. The molecule has 7 heteroatoms. The molecule has 4 rings (SSSR count). The smallest absolute Gasteiger partial charge is 0.273 e. The molecule has 1 saturated heterocycles. The van der Waals surface area contributed by atoms with Crippen molar-refractivity contribution in [3.63, 3.8) is 0 Å². The molecule has 26 heavy (non-hydrogen) atoms. The number of hydrogen-bond donors (Lipinski definition) is 1. The first-order chi connectivity index (χ1) is 12.7. The number of amides is 2. The van der Waals surface area contributed by atoms with Crippen molar-refractivity contribution >= 4 is 23.2 Å². The summed E-state index contributed by atoms with van der Waals surface area (Å²) < 4.78 is 0. The maximum Gasteiger partial charge on any atom is 0.273 e. The highest BCUT2D eigenvalue weighted by Gasteiger charge is 2.46. The van der Waals surface area contributed by atoms with Gasteiger partial charge in [-0.2, -0.15) is 0 Å². The van der Waals surface area contributed by atoms with Gasteiger partial charge >= 0.3 is 0 Å². The normalized spacial score (nSPS) is 25.8. The number of hydrogen-bond acceptors (Lipinski definition) is 5. The van der Waals surface area contributed by atoms with Gasteiger partial charge < -0.3 is 15.1 Å². The van der Waals surface area contributed by atoms with Gasteiger partial charge in [-0.25, -0.2) is 0 Å². The van der Waals surface area contributed by atoms with E-state index in [9.17, 15) is 9.59 Å². The molecule has 7 nitrogen and oxygen atoms in total. The average Bonchev–Trinajstić information content (AvgIpc) is 3.33. The molecule has 0 radical (unpaired) electrons. The fraction of sp³-hybridized carbons (Fsp3) is 0.579. The fourth-order valence-electron chi connectivity index (χ4n) is 4.22. The second kappa shape index (κ2) is 7.05. The fourth-order valence-corrected chi connectivity index (χ4v) is 4.22. The molecule has 2 amide bonds. The molecule has 2 aliphatic heterocycles. The zero-order valence-electron chi connectivity index (χ0n) is 14.8. The van der Waals surface area contributed by atoms with E-state index < -0.39 is 5.60 Å². The second-order valence-electron chi connectivity index (χ2n) is 7.53. The van der Waals surface area contributed by atoms with Crippen LogP contribution < -0.4 is 5.32 Å². The topological polar surface area (TPSA) is 83.9 Å². The summed E-state index contributed by atoms with van der Waals surface area (Å²) in [6.07, 6.45) is 9.66. The molecule has 0 aromatic carbocycles. The predicted octanol–water partition coefficient (Wildman–Crippen LogP) is 2.35. The van der Waals surface area contributed by atoms with Crippen LogP contribution in [-0.4, -0.2) is 46.1 Å². The minimum Gasteiger partial charge on any atom is -0.386 e. The zero-order valence-corrected chi connectivity index (χ0v) is 14.8. The molecule has 1 aromatic rings. The van der Waals surface area contributed by atoms with Gasteiger partial charge in [-0.3, -0.25) is 14.6 Å². The van der Waals surface area contributed by atoms with E-state index in [0.29, 0.717) is 24.4 Å². The summed E-state index contributed by atoms with van der Waals surface area (Å²) >= 11 is 0. The molecule has 0 bridgehead atoms. The molecule has 1 aromatic heterocycles. The maximum atomic E-state index is 12.7. The number of piperidine rings is 1. The van der Waals surface area contributed by atoms with E-state index in [4.69, 9.17) is 4.84 Å². The van der Waals surface area contributed by atoms with Crippen LogP contribution in [0.3, 0.4) is 0 Å². The van der Waals surface area contributed by atoms with Crippen LogP contribution in [0.1, 0.15) is 44.9 Å². The standard InChI is InChI=1S/C19H24N4O3/c24-17(21-15-7-3-9-20-12-15)16-11-19(26-22-16)8-4-10-23(13-19)18(25)14-5-1-2-6-14/h3,7,9,12,14H,1-2,4-6,8,10-11,13H2,(H,21,24). The molecule has 1 saturated carbocycles. The number of oxime groups is 1. The van der Waals surface area contributed by atoms with Crippen molar-refractivity contribution < 1.29 is 14.4 Å². The molecule has 1 atom stereocenters. The SMILES string of the molecule is O=C(Nc1cccnc1)C1=NOC2(CCCN(C(=O)C3CCCC3)C2)C1. The lowest BCUT2D eigenvalue weighted by molar-refractivity contribution is -0.144. The maximum absolute atomic E-state index is 12.7. The molecule has 2 fully saturated rings. The van der Waals surface area contributed by atoms with E-state index in [1.54, 1.807) is 24.5 Å². The summed E-state index contributed by atoms with van der Waals surface area (Å²) in [5, 5.41) is 6.84. The molecule has 1 spiro atoms. The lowest BCUT2D eigenvalue weighted by Gasteiger charge is -2.39. The highest BCUT2D eigenvalue weighted by atomic mass is 16.7. The molecule has 1 aliphatic carbocycles. The van der Waals surface area contributed by atoms with Crippen LogP contribution in [0, 0.1) is 5.92 Å². The van der Waals surface area contributed by atoms with Crippen molar-refractivity contribution in [3.05, 3.63) is 24.5 Å². The van der Waals surface area contributed by atoms with Gasteiger partial charge in [-0.05, 0) is 37.8 Å². The van der Waals surface area contributed by atoms with Gasteiger partial charge in [0.2, 0.25) is 5.91 Å². The first kappa shape index (κ1) is 17.0. The molecular weight excluding hydrogens is 332 g/mol. The number of rotatable bonds is 3. The lowest BCUT2D eigenvalue weighted by atomic mass is 9.87. The van der Waals surface area contributed by atoms with Crippen LogP contribution in [0.15, 0.2) is 29.7 Å². The van der Waals surface area contributed by atoms with Crippen molar-refractivity contribution in [2.75, 3.05) is 18.4 Å². The Morgan fingerprint density at radius 2 is 2.12 bits per heavy atom. The van der Waals surface area contributed by atoms with Crippen molar-refractivity contribution in [2.45, 2.75) is 50.5 Å². The van der Waals surface area contributed by atoms with Crippen LogP contribution in [0.4, 0.5) is 5.69 Å². The summed E-state index contributed by atoms with van der Waals surface area (Å²) in [5.74, 6) is 0.147. The van der Waals surface area contributed by atoms with E-state index in [1.165, 1.54) is 0 Å². The van der Waals surface area contributed by atoms with E-state index >= 15 is 0 Å². The number of pyridine rings is 1. The van der Waals surface area contributed by atoms with E-state index in [2.05, 4.69) is 15.5 Å². The van der Waals surface area contributed by atoms with Gasteiger partial charge in [0, 0.05) is 25.1 Å². The van der Waals surface area contributed by atoms with Gasteiger partial charge in [0.05, 0.1) is 18.4 Å². The molecule has 3 heterocycles. The van der Waals surface area contributed by atoms with Crippen molar-refractivity contribution in [3.8, 4) is 0 Å². The lowest BCUT2D eigenvalue weighted by Crippen LogP contribution is -2.52. The van der Waals surface area contributed by atoms with Crippen molar-refractivity contribution in [2.24, 2.45) is 11.1 Å². The zero-order chi connectivity index (χ0) is 18.0. The highest BCUT2D eigenvalue weighted by molar-refractivity contribution is 6.43. The second-order valence-corrected chi connectivity index (χ2v) is 7.53. The van der Waals surface area contributed by atoms with Gasteiger partial charge in [0.15, 0.2) is 5.60 Å². The van der Waals surface area contributed by atoms with E-state index in [1.807, 2.05) is 4.90 Å². The van der Waals surface area contributed by atoms with Crippen LogP contribution >= 0.6 is 0 Å². The number of nitrogens with zero attached hydrogens (tertiary/aromatic N) is 3. The average molecular weight is 356 g/mol. The van der Waals surface area contributed by atoms with Crippen LogP contribution in [0.2, 0.25) is 0 Å². The number of aromatic nitrogens is 1. The Labute approximate surface area is 152 Å². The molecule has 1 unspecified atom stereocenters. The van der Waals surface area contributed by atoms with Crippen molar-refractivity contribution in [1.29, 1.82) is 0 Å². The molecular formula is C19H24N4O3. The Morgan fingerprint density at radius 1 is 1.27 bits per heavy atom. The minimum atomic E-state index is -0.547. The van der Waals surface area contributed by atoms with Crippen LogP contribution in [0.25, 0.3) is 0 Å². The number of likely N-dealkylation sites (tertiary alicyclic amines) is 1. The predicted molar refractivity (Wildman–Crippen MR) is 96.5 cm³/mol. The van der Waals surface area contributed by atoms with E-state index in [-0.39, 0.29) is 17.7 Å². The number of carbonyl (C=O) groups is 2. The van der Waals surface area contributed by atoms with E-state index in [0.717, 1.165) is 45.1 Å². The summed E-state index contributed by atoms with van der Waals surface area (Å²) in [5.41, 5.74) is 0.459. The third kappa shape index (κ3) is 3.43. The summed E-state index contributed by atoms with van der Waals surface area (Å²) in [6, 6.07) is 3.54. The molecule has 1 N–H and O–H groups in total. The quantitative estimate of drug-likeness (QED) is 0.901. The Kier molecular flexibility index (Phi) is 4.61. The van der Waals surface area contributed by atoms with Crippen molar-refractivity contribution in [1.82, 2.24) is 9.88 Å². The Bertz CT molecular complexity index is 715. The Balaban J connectivity index is 1.38. The monoisotopic (exact) mass is 356 g/mol. The van der Waals surface area contributed by atoms with Crippen LogP contribution in [-0.2, 0) is 14.4 Å².